The topological polar surface area (TPSA) is 12.5 Å². The molecular formula is C4H8O. The maximum absolute atomic E-state index is 6.85. The van der Waals surface area contributed by atoms with Gasteiger partial charge in [-0.15, -0.1) is 0 Å². The molecule has 5 heavy (non-hydrogen) atoms. The summed E-state index contributed by atoms with van der Waals surface area (Å²) in [5, 5.41) is 0. The van der Waals surface area contributed by atoms with Crippen LogP contribution in [-0.4, -0.2) is 12.7 Å². The summed E-state index contributed by atoms with van der Waals surface area (Å²) in [6.45, 7) is 0.629. The molecule has 1 fully saturated rings. The Morgan fingerprint density at radius 2 is 3.00 bits per heavy atom. The van der Waals surface area contributed by atoms with Crippen LogP contribution in [0.4, 0.5) is 0 Å². The van der Waals surface area contributed by atoms with Crippen LogP contribution in [0.25, 0.3) is 0 Å². The van der Waals surface area contributed by atoms with Gasteiger partial charge in [-0.1, -0.05) is 6.92 Å². The molecular weight excluding hydrogens is 64.0 g/mol. The third-order valence-electron chi connectivity index (χ3n) is 0.655. The molecule has 1 rings (SSSR count). The molecule has 0 radical (unpaired) electrons. The second kappa shape index (κ2) is 0.977. The third kappa shape index (κ3) is 0.618. The fourth-order valence-electron chi connectivity index (χ4n) is 0.215. The molecule has 0 aliphatic carbocycles. The Kier molecular flexibility index (Phi) is 0.314. The van der Waals surface area contributed by atoms with Gasteiger partial charge in [0.2, 0.25) is 0 Å². The van der Waals surface area contributed by atoms with Crippen LogP contribution < -0.4 is 0 Å². The fourth-order valence-corrected chi connectivity index (χ4v) is 0.215. The Morgan fingerprint density at radius 3 is 3.00 bits per heavy atom. The minimum Gasteiger partial charge on any atom is -0.373 e. The van der Waals surface area contributed by atoms with Crippen LogP contribution in [-0.2, 0) is 4.74 Å². The molecule has 0 spiro atoms. The zero-order chi connectivity index (χ0) is 5.49. The first kappa shape index (κ1) is 1.61. The molecule has 1 saturated heterocycles. The maximum Gasteiger partial charge on any atom is 0.0807 e. The van der Waals surface area contributed by atoms with Gasteiger partial charge in [-0.3, -0.25) is 0 Å². The molecule has 0 saturated carbocycles. The summed E-state index contributed by atoms with van der Waals surface area (Å²) in [5.74, 6) is 0. The van der Waals surface area contributed by atoms with Crippen molar-refractivity contribution in [1.29, 1.82) is 0 Å². The summed E-state index contributed by atoms with van der Waals surface area (Å²) in [7, 11) is 0. The van der Waals surface area contributed by atoms with Crippen LogP contribution in [0.2, 0.25) is 0 Å². The average molecular weight is 74.1 g/mol. The van der Waals surface area contributed by atoms with E-state index in [0.29, 0.717) is 0 Å². The highest BCUT2D eigenvalue weighted by Gasteiger charge is 2.18. The largest absolute Gasteiger partial charge is 0.373 e. The molecule has 1 heterocycles. The highest BCUT2D eigenvalue weighted by atomic mass is 16.6. The molecule has 0 amide bonds. The van der Waals surface area contributed by atoms with Crippen molar-refractivity contribution in [3.8, 4) is 0 Å². The fraction of sp³-hybridized carbons (Fsp3) is 1.00. The van der Waals surface area contributed by atoms with Crippen molar-refractivity contribution in [2.24, 2.45) is 0 Å². The van der Waals surface area contributed by atoms with E-state index in [-0.39, 0.29) is 6.10 Å². The molecule has 1 heteroatoms. The highest BCUT2D eigenvalue weighted by Crippen LogP contribution is 2.10. The van der Waals surface area contributed by atoms with Gasteiger partial charge in [-0.2, -0.15) is 0 Å². The van der Waals surface area contributed by atoms with Crippen molar-refractivity contribution in [3.63, 3.8) is 0 Å². The van der Waals surface area contributed by atoms with E-state index in [0.717, 1.165) is 6.42 Å². The van der Waals surface area contributed by atoms with Crippen LogP contribution in [0, 0.1) is 0 Å². The molecule has 1 unspecified atom stereocenters. The van der Waals surface area contributed by atoms with Crippen molar-refractivity contribution in [2.75, 3.05) is 6.56 Å². The lowest BCUT2D eigenvalue weighted by molar-refractivity contribution is 0.403. The van der Waals surface area contributed by atoms with Crippen molar-refractivity contribution < 1.29 is 7.48 Å². The van der Waals surface area contributed by atoms with Gasteiger partial charge in [0.1, 0.15) is 0 Å². The molecule has 1 atom stereocenters. The molecule has 0 aromatic rings. The summed E-state index contributed by atoms with van der Waals surface area (Å²) in [6.07, 6.45) is 0.667. The monoisotopic (exact) mass is 74.1 g/mol. The zero-order valence-electron chi connectivity index (χ0n) is 5.19. The van der Waals surface area contributed by atoms with E-state index in [1.807, 2.05) is 6.92 Å². The summed E-state index contributed by atoms with van der Waals surface area (Å²) < 4.78 is 18.3. The Bertz CT molecular complexity index is 81.8. The number of hydrogen-bond acceptors (Lipinski definition) is 1. The van der Waals surface area contributed by atoms with Gasteiger partial charge >= 0.3 is 0 Å². The number of epoxide rings is 1. The van der Waals surface area contributed by atoms with Crippen molar-refractivity contribution in [3.05, 3.63) is 0 Å². The number of hydrogen-bond donors (Lipinski definition) is 0. The Labute approximate surface area is 34.8 Å². The molecule has 0 aromatic carbocycles. The van der Waals surface area contributed by atoms with E-state index >= 15 is 0 Å². The Morgan fingerprint density at radius 1 is 2.40 bits per heavy atom. The lowest BCUT2D eigenvalue weighted by Crippen LogP contribution is -1.73. The lowest BCUT2D eigenvalue weighted by atomic mass is 10.4. The SMILES string of the molecule is [2H]C1([2H])OC1CC. The maximum atomic E-state index is 6.85. The van der Waals surface area contributed by atoms with E-state index < -0.39 is 6.56 Å². The molecule has 1 aliphatic rings. The Balaban J connectivity index is 2.30. The van der Waals surface area contributed by atoms with Crippen molar-refractivity contribution in [2.45, 2.75) is 19.4 Å². The summed E-state index contributed by atoms with van der Waals surface area (Å²) in [5.41, 5.74) is 0. The molecule has 0 aromatic heterocycles. The highest BCUT2D eigenvalue weighted by molar-refractivity contribution is 4.64. The average Bonchev–Trinajstić information content (AvgIpc) is 2.13. The van der Waals surface area contributed by atoms with Crippen molar-refractivity contribution in [1.82, 2.24) is 0 Å². The zero-order valence-corrected chi connectivity index (χ0v) is 3.19. The van der Waals surface area contributed by atoms with E-state index in [9.17, 15) is 0 Å². The first-order chi connectivity index (χ1) is 3.17. The predicted molar refractivity (Wildman–Crippen MR) is 20.0 cm³/mol. The standard InChI is InChI=1S/C4H8O/c1-2-4-3-5-4/h4H,2-3H2,1H3/i3D2. The van der Waals surface area contributed by atoms with Gasteiger partial charge in [0.15, 0.2) is 0 Å². The van der Waals surface area contributed by atoms with E-state index in [2.05, 4.69) is 4.74 Å². The first-order valence-corrected chi connectivity index (χ1v) is 1.84. The van der Waals surface area contributed by atoms with Gasteiger partial charge in [0.25, 0.3) is 0 Å². The summed E-state index contributed by atoms with van der Waals surface area (Å²) in [6, 6.07) is 0. The lowest BCUT2D eigenvalue weighted by Gasteiger charge is -1.69. The van der Waals surface area contributed by atoms with Crippen LogP contribution in [0.15, 0.2) is 0 Å². The Hall–Kier alpha value is -0.0400. The van der Waals surface area contributed by atoms with Crippen LogP contribution >= 0.6 is 0 Å². The van der Waals surface area contributed by atoms with Gasteiger partial charge in [0, 0.05) is 0 Å². The third-order valence-corrected chi connectivity index (χ3v) is 0.655. The molecule has 0 N–H and O–H groups in total. The summed E-state index contributed by atoms with van der Waals surface area (Å²) in [4.78, 5) is 0. The minimum absolute atomic E-state index is 0.118. The van der Waals surface area contributed by atoms with E-state index in [1.54, 1.807) is 0 Å². The smallest absolute Gasteiger partial charge is 0.0807 e. The van der Waals surface area contributed by atoms with Crippen LogP contribution in [0.1, 0.15) is 16.1 Å². The van der Waals surface area contributed by atoms with Crippen molar-refractivity contribution >= 4 is 0 Å². The van der Waals surface area contributed by atoms with Crippen LogP contribution in [0.3, 0.4) is 0 Å². The molecule has 1 nitrogen and oxygen atoms in total. The van der Waals surface area contributed by atoms with Gasteiger partial charge in [-0.25, -0.2) is 0 Å². The predicted octanol–water partition coefficient (Wildman–Crippen LogP) is 0.795. The van der Waals surface area contributed by atoms with E-state index in [1.165, 1.54) is 0 Å². The quantitative estimate of drug-likeness (QED) is 0.419. The minimum atomic E-state index is -1.28. The summed E-state index contributed by atoms with van der Waals surface area (Å²) >= 11 is 0. The first-order valence-electron chi connectivity index (χ1n) is 2.84. The molecule has 30 valence electrons. The second-order valence-corrected chi connectivity index (χ2v) is 1.13. The molecule has 0 bridgehead atoms. The van der Waals surface area contributed by atoms with E-state index in [4.69, 9.17) is 2.74 Å². The number of ether oxygens (including phenoxy) is 1. The molecule has 1 aliphatic heterocycles. The van der Waals surface area contributed by atoms with Gasteiger partial charge < -0.3 is 4.74 Å². The normalized spacial score (nSPS) is 50.2. The van der Waals surface area contributed by atoms with Gasteiger partial charge in [0.05, 0.1) is 15.4 Å². The van der Waals surface area contributed by atoms with Gasteiger partial charge in [-0.05, 0) is 6.42 Å². The van der Waals surface area contributed by atoms with Crippen LogP contribution in [0.5, 0.6) is 0 Å². The number of rotatable bonds is 1. The second-order valence-electron chi connectivity index (χ2n) is 1.13.